The number of rotatable bonds is 23. The van der Waals surface area contributed by atoms with Gasteiger partial charge in [0, 0.05) is 50.6 Å². The van der Waals surface area contributed by atoms with Crippen molar-refractivity contribution in [3.05, 3.63) is 70.8 Å². The first kappa shape index (κ1) is 47.7. The lowest BCUT2D eigenvalue weighted by atomic mass is 9.76. The highest BCUT2D eigenvalue weighted by Crippen LogP contribution is 2.44. The molecule has 0 spiro atoms. The summed E-state index contributed by atoms with van der Waals surface area (Å²) >= 11 is 6.31. The van der Waals surface area contributed by atoms with Gasteiger partial charge in [-0.1, -0.05) is 80.3 Å². The molecule has 0 radical (unpaired) electrons. The fraction of sp³-hybridized carbons (Fsp3) is 0.568. The molecule has 0 bridgehead atoms. The zero-order chi connectivity index (χ0) is 44.0. The van der Waals surface area contributed by atoms with E-state index >= 15 is 0 Å². The highest BCUT2D eigenvalue weighted by atomic mass is 35.5. The number of aromatic nitrogens is 2. The average Bonchev–Trinajstić information content (AvgIpc) is 3.85. The molecule has 2 aromatic carbocycles. The first-order valence-electron chi connectivity index (χ1n) is 21.3. The maximum atomic E-state index is 13.7. The number of unbranched alkanes of at least 4 members (excludes halogenated alkanes) is 1. The number of aliphatic hydroxyl groups is 1. The first-order chi connectivity index (χ1) is 29.3. The predicted molar refractivity (Wildman–Crippen MR) is 229 cm³/mol. The van der Waals surface area contributed by atoms with Gasteiger partial charge in [-0.2, -0.15) is 0 Å². The molecule has 1 heterocycles. The molecule has 5 N–H and O–H groups in total. The van der Waals surface area contributed by atoms with Gasteiger partial charge in [0.15, 0.2) is 5.15 Å². The summed E-state index contributed by atoms with van der Waals surface area (Å²) in [5.41, 5.74) is 1.70. The van der Waals surface area contributed by atoms with Crippen LogP contribution in [0.3, 0.4) is 0 Å². The normalized spacial score (nSPS) is 18.0. The molecule has 334 valence electrons. The van der Waals surface area contributed by atoms with Crippen molar-refractivity contribution in [2.24, 2.45) is 17.3 Å². The number of carboxylic acid groups (broad SMARTS) is 1. The van der Waals surface area contributed by atoms with Crippen LogP contribution in [0.4, 0.5) is 0 Å². The van der Waals surface area contributed by atoms with Gasteiger partial charge in [-0.25, -0.2) is 18.1 Å². The SMILES string of the molecule is CCCCc1nc(Cl)c(CO)n1Cc1ccc(-c2ccccc2S(=O)(=O)NC(=O)CCNC(=O)C2CCC(NC(=O)C3(CC(COCCOC)C(=O)O)CCCC3)CC2)cc1. The van der Waals surface area contributed by atoms with E-state index in [1.807, 2.05) is 16.7 Å². The highest BCUT2D eigenvalue weighted by Gasteiger charge is 2.45. The van der Waals surface area contributed by atoms with E-state index in [1.54, 1.807) is 37.4 Å². The summed E-state index contributed by atoms with van der Waals surface area (Å²) in [5.74, 6) is -2.47. The number of methoxy groups -OCH3 is 1. The number of aliphatic hydroxyl groups excluding tert-OH is 1. The van der Waals surface area contributed by atoms with Crippen molar-refractivity contribution in [2.45, 2.75) is 114 Å². The topological polar surface area (TPSA) is 215 Å². The smallest absolute Gasteiger partial charge is 0.308 e. The molecular weight excluding hydrogens is 826 g/mol. The number of imidazole rings is 1. The van der Waals surface area contributed by atoms with Crippen molar-refractivity contribution >= 4 is 45.3 Å². The van der Waals surface area contributed by atoms with E-state index < -0.39 is 33.2 Å². The lowest BCUT2D eigenvalue weighted by Crippen LogP contribution is -2.48. The monoisotopic (exact) mass is 885 g/mol. The van der Waals surface area contributed by atoms with Crippen molar-refractivity contribution in [2.75, 3.05) is 33.5 Å². The summed E-state index contributed by atoms with van der Waals surface area (Å²) in [6.07, 6.45) is 7.71. The van der Waals surface area contributed by atoms with Crippen LogP contribution in [-0.2, 0) is 58.2 Å². The summed E-state index contributed by atoms with van der Waals surface area (Å²) in [6.45, 7) is 2.85. The quantitative estimate of drug-likeness (QED) is 0.0762. The number of carbonyl (C=O) groups excluding carboxylic acids is 3. The van der Waals surface area contributed by atoms with Crippen LogP contribution >= 0.6 is 11.6 Å². The Morgan fingerprint density at radius 1 is 1.02 bits per heavy atom. The second-order valence-corrected chi connectivity index (χ2v) is 18.2. The second kappa shape index (κ2) is 22.7. The van der Waals surface area contributed by atoms with Crippen LogP contribution < -0.4 is 15.4 Å². The van der Waals surface area contributed by atoms with Crippen LogP contribution in [0.2, 0.25) is 5.15 Å². The fourth-order valence-corrected chi connectivity index (χ4v) is 9.95. The molecule has 1 unspecified atom stereocenters. The summed E-state index contributed by atoms with van der Waals surface area (Å²) in [7, 11) is -2.73. The number of hydrogen-bond donors (Lipinski definition) is 5. The van der Waals surface area contributed by atoms with E-state index in [0.717, 1.165) is 43.5 Å². The minimum atomic E-state index is -4.27. The molecule has 1 atom stereocenters. The largest absolute Gasteiger partial charge is 0.481 e. The molecule has 0 saturated heterocycles. The van der Waals surface area contributed by atoms with Gasteiger partial charge in [-0.3, -0.25) is 19.2 Å². The number of nitrogens with one attached hydrogen (secondary N) is 3. The van der Waals surface area contributed by atoms with Gasteiger partial charge in [-0.15, -0.1) is 0 Å². The number of benzene rings is 2. The molecule has 2 aliphatic rings. The summed E-state index contributed by atoms with van der Waals surface area (Å²) < 4.78 is 41.6. The molecule has 15 nitrogen and oxygen atoms in total. The molecule has 2 fully saturated rings. The van der Waals surface area contributed by atoms with E-state index in [9.17, 15) is 37.8 Å². The van der Waals surface area contributed by atoms with Crippen molar-refractivity contribution in [3.63, 3.8) is 0 Å². The third-order valence-electron chi connectivity index (χ3n) is 11.9. The van der Waals surface area contributed by atoms with Gasteiger partial charge in [0.05, 0.1) is 48.3 Å². The second-order valence-electron chi connectivity index (χ2n) is 16.2. The predicted octanol–water partition coefficient (Wildman–Crippen LogP) is 5.39. The molecule has 17 heteroatoms. The van der Waals surface area contributed by atoms with E-state index in [-0.39, 0.29) is 73.0 Å². The Morgan fingerprint density at radius 2 is 1.72 bits per heavy atom. The molecule has 2 saturated carbocycles. The summed E-state index contributed by atoms with van der Waals surface area (Å²) in [6, 6.07) is 13.6. The van der Waals surface area contributed by atoms with Gasteiger partial charge in [0.2, 0.25) is 17.7 Å². The Labute approximate surface area is 363 Å². The maximum absolute atomic E-state index is 13.7. The fourth-order valence-electron chi connectivity index (χ4n) is 8.45. The molecule has 2 aliphatic carbocycles. The van der Waals surface area contributed by atoms with Gasteiger partial charge >= 0.3 is 5.97 Å². The number of aryl methyl sites for hydroxylation is 1. The van der Waals surface area contributed by atoms with E-state index in [4.69, 9.17) is 21.1 Å². The van der Waals surface area contributed by atoms with Gasteiger partial charge in [-0.05, 0) is 68.6 Å². The number of sulfonamides is 1. The minimum absolute atomic E-state index is 0.00888. The number of hydrogen-bond acceptors (Lipinski definition) is 10. The van der Waals surface area contributed by atoms with E-state index in [0.29, 0.717) is 68.5 Å². The Kier molecular flexibility index (Phi) is 17.7. The van der Waals surface area contributed by atoms with Crippen molar-refractivity contribution in [3.8, 4) is 11.1 Å². The van der Waals surface area contributed by atoms with Gasteiger partial charge in [0.25, 0.3) is 10.0 Å². The molecule has 0 aliphatic heterocycles. The van der Waals surface area contributed by atoms with Crippen molar-refractivity contribution < 1.29 is 47.3 Å². The number of halogens is 1. The molecule has 3 aromatic rings. The third kappa shape index (κ3) is 12.8. The molecule has 5 rings (SSSR count). The molecule has 3 amide bonds. The third-order valence-corrected chi connectivity index (χ3v) is 13.6. The molecular formula is C44H60ClN5O10S. The van der Waals surface area contributed by atoms with E-state index in [1.165, 1.54) is 6.07 Å². The van der Waals surface area contributed by atoms with Crippen molar-refractivity contribution in [1.82, 2.24) is 24.9 Å². The van der Waals surface area contributed by atoms with Crippen LogP contribution in [-0.4, -0.2) is 91.4 Å². The zero-order valence-corrected chi connectivity index (χ0v) is 36.7. The molecule has 61 heavy (non-hydrogen) atoms. The number of ether oxygens (including phenoxy) is 2. The van der Waals surface area contributed by atoms with E-state index in [2.05, 4.69) is 27.3 Å². The number of aliphatic carboxylic acids is 1. The number of amides is 3. The van der Waals surface area contributed by atoms with Crippen LogP contribution in [0.1, 0.15) is 101 Å². The summed E-state index contributed by atoms with van der Waals surface area (Å²) in [5, 5.41) is 26.0. The minimum Gasteiger partial charge on any atom is -0.481 e. The number of carbonyl (C=O) groups is 4. The Balaban J connectivity index is 1.09. The first-order valence-corrected chi connectivity index (χ1v) is 23.1. The summed E-state index contributed by atoms with van der Waals surface area (Å²) in [4.78, 5) is 56.1. The highest BCUT2D eigenvalue weighted by molar-refractivity contribution is 7.90. The van der Waals surface area contributed by atoms with Gasteiger partial charge < -0.3 is 34.9 Å². The lowest BCUT2D eigenvalue weighted by Gasteiger charge is -2.34. The number of carboxylic acids is 1. The molecule has 1 aromatic heterocycles. The Morgan fingerprint density at radius 3 is 2.38 bits per heavy atom. The Hall–Kier alpha value is -4.35. The van der Waals surface area contributed by atoms with Crippen molar-refractivity contribution in [1.29, 1.82) is 0 Å². The van der Waals surface area contributed by atoms with Crippen LogP contribution in [0.25, 0.3) is 11.1 Å². The maximum Gasteiger partial charge on any atom is 0.308 e. The Bertz CT molecular complexity index is 2060. The van der Waals surface area contributed by atoms with Crippen LogP contribution in [0, 0.1) is 17.3 Å². The van der Waals surface area contributed by atoms with Gasteiger partial charge in [0.1, 0.15) is 5.82 Å². The average molecular weight is 887 g/mol. The van der Waals surface area contributed by atoms with Crippen LogP contribution in [0.5, 0.6) is 0 Å². The zero-order valence-electron chi connectivity index (χ0n) is 35.1. The number of nitrogens with zero attached hydrogens (tertiary/aromatic N) is 2. The van der Waals surface area contributed by atoms with Crippen LogP contribution in [0.15, 0.2) is 53.4 Å². The standard InChI is InChI=1S/C44H60ClN5O10S/c1-3-4-11-38-48-40(45)36(28-51)50(38)27-30-12-14-31(15-13-30)35-9-5-6-10-37(35)61(57,58)49-39(52)20-23-46-41(53)32-16-18-34(19-17-32)47-43(56)44(21-7-8-22-44)26-33(42(54)55)29-60-25-24-59-2/h5-6,9-10,12-15,32-34,51H,3-4,7-8,11,16-29H2,1-2H3,(H,46,53)(H,47,56)(H,49,52)(H,54,55). The lowest BCUT2D eigenvalue weighted by molar-refractivity contribution is -0.147.